The molecule has 0 atom stereocenters. The van der Waals surface area contributed by atoms with Gasteiger partial charge in [-0.2, -0.15) is 0 Å². The second-order valence-electron chi connectivity index (χ2n) is 4.31. The summed E-state index contributed by atoms with van der Waals surface area (Å²) in [7, 11) is 0. The number of hydrogen-bond acceptors (Lipinski definition) is 2. The van der Waals surface area contributed by atoms with Crippen molar-refractivity contribution in [1.82, 2.24) is 0 Å². The molecule has 2 rings (SSSR count). The number of benzene rings is 2. The lowest BCUT2D eigenvalue weighted by atomic mass is 10.2. The molecule has 0 nitrogen and oxygen atoms in total. The van der Waals surface area contributed by atoms with Crippen molar-refractivity contribution in [3.63, 3.8) is 0 Å². The highest BCUT2D eigenvalue weighted by Gasteiger charge is 1.93. The Balaban J connectivity index is 0.000000184. The van der Waals surface area contributed by atoms with Gasteiger partial charge in [0.2, 0.25) is 0 Å². The Labute approximate surface area is 120 Å². The van der Waals surface area contributed by atoms with Crippen LogP contribution in [-0.2, 0) is 0 Å². The molecule has 0 unspecified atom stereocenters. The number of aryl methyl sites for hydroxylation is 3. The van der Waals surface area contributed by atoms with Crippen LogP contribution in [0.3, 0.4) is 0 Å². The highest BCUT2D eigenvalue weighted by Crippen LogP contribution is 2.19. The van der Waals surface area contributed by atoms with Crippen molar-refractivity contribution >= 4 is 24.4 Å². The lowest BCUT2D eigenvalue weighted by Gasteiger charge is -2.01. The minimum Gasteiger partial charge on any atom is -0.143 e. The highest BCUT2D eigenvalue weighted by molar-refractivity contribution is 7.98. The third-order valence-electron chi connectivity index (χ3n) is 2.58. The van der Waals surface area contributed by atoms with E-state index in [9.17, 15) is 0 Å². The molecule has 2 heteroatoms. The van der Waals surface area contributed by atoms with Gasteiger partial charge in [0.1, 0.15) is 0 Å². The van der Waals surface area contributed by atoms with Crippen molar-refractivity contribution in [2.75, 3.05) is 6.26 Å². The maximum Gasteiger partial charge on any atom is 0.00985 e. The van der Waals surface area contributed by atoms with E-state index in [1.807, 2.05) is 24.3 Å². The van der Waals surface area contributed by atoms with Gasteiger partial charge in [-0.15, -0.1) is 24.4 Å². The predicted molar refractivity (Wildman–Crippen MR) is 86.1 cm³/mol. The maximum atomic E-state index is 4.13. The smallest absolute Gasteiger partial charge is 0.00985 e. The molecule has 0 saturated carbocycles. The van der Waals surface area contributed by atoms with Crippen LogP contribution in [0.2, 0.25) is 0 Å². The average molecular weight is 276 g/mol. The van der Waals surface area contributed by atoms with Crippen LogP contribution in [0, 0.1) is 20.8 Å². The number of hydrogen-bond donors (Lipinski definition) is 1. The first-order valence-electron chi connectivity index (χ1n) is 5.90. The van der Waals surface area contributed by atoms with E-state index in [1.165, 1.54) is 21.6 Å². The lowest BCUT2D eigenvalue weighted by Crippen LogP contribution is -1.79. The molecule has 18 heavy (non-hydrogen) atoms. The minimum absolute atomic E-state index is 1.02. The van der Waals surface area contributed by atoms with Crippen LogP contribution in [0.5, 0.6) is 0 Å². The SMILES string of the molecule is CSc1ccc(C)cc1C.Cc1ccc(S)cc1. The van der Waals surface area contributed by atoms with Crippen LogP contribution in [-0.4, -0.2) is 6.26 Å². The second kappa shape index (κ2) is 7.55. The minimum atomic E-state index is 1.02. The molecule has 0 amide bonds. The van der Waals surface area contributed by atoms with E-state index in [0.29, 0.717) is 0 Å². The third kappa shape index (κ3) is 5.19. The molecular formula is C16H20S2. The first-order valence-corrected chi connectivity index (χ1v) is 7.57. The zero-order valence-electron chi connectivity index (χ0n) is 11.4. The molecule has 0 fully saturated rings. The number of rotatable bonds is 1. The van der Waals surface area contributed by atoms with Crippen LogP contribution in [0.4, 0.5) is 0 Å². The molecule has 0 aliphatic heterocycles. The summed E-state index contributed by atoms with van der Waals surface area (Å²) < 4.78 is 0. The zero-order chi connectivity index (χ0) is 13.5. The molecule has 0 spiro atoms. The van der Waals surface area contributed by atoms with Gasteiger partial charge in [-0.05, 0) is 50.8 Å². The summed E-state index contributed by atoms with van der Waals surface area (Å²) in [6, 6.07) is 14.6. The van der Waals surface area contributed by atoms with Crippen molar-refractivity contribution in [3.05, 3.63) is 59.2 Å². The van der Waals surface area contributed by atoms with Crippen LogP contribution < -0.4 is 0 Å². The Hall–Kier alpha value is -0.860. The van der Waals surface area contributed by atoms with Crippen LogP contribution in [0.1, 0.15) is 16.7 Å². The molecule has 0 saturated heterocycles. The van der Waals surface area contributed by atoms with Gasteiger partial charge in [0, 0.05) is 9.79 Å². The molecule has 0 aliphatic rings. The van der Waals surface area contributed by atoms with Crippen LogP contribution in [0.15, 0.2) is 52.3 Å². The number of thioether (sulfide) groups is 1. The molecule has 0 radical (unpaired) electrons. The normalized spacial score (nSPS) is 9.61. The molecule has 2 aromatic carbocycles. The van der Waals surface area contributed by atoms with Gasteiger partial charge in [-0.1, -0.05) is 35.4 Å². The Bertz CT molecular complexity index is 466. The second-order valence-corrected chi connectivity index (χ2v) is 5.67. The molecule has 0 heterocycles. The van der Waals surface area contributed by atoms with Gasteiger partial charge in [0.25, 0.3) is 0 Å². The van der Waals surface area contributed by atoms with Crippen molar-refractivity contribution in [1.29, 1.82) is 0 Å². The van der Waals surface area contributed by atoms with E-state index in [0.717, 1.165) is 4.90 Å². The average Bonchev–Trinajstić information content (AvgIpc) is 2.34. The largest absolute Gasteiger partial charge is 0.143 e. The summed E-state index contributed by atoms with van der Waals surface area (Å²) in [4.78, 5) is 2.40. The van der Waals surface area contributed by atoms with Gasteiger partial charge < -0.3 is 0 Å². The molecule has 0 aliphatic carbocycles. The molecular weight excluding hydrogens is 256 g/mol. The topological polar surface area (TPSA) is 0 Å². The van der Waals surface area contributed by atoms with E-state index in [2.05, 4.69) is 57.9 Å². The van der Waals surface area contributed by atoms with Crippen LogP contribution >= 0.6 is 24.4 Å². The Morgan fingerprint density at radius 1 is 0.833 bits per heavy atom. The zero-order valence-corrected chi connectivity index (χ0v) is 13.1. The van der Waals surface area contributed by atoms with Crippen LogP contribution in [0.25, 0.3) is 0 Å². The summed E-state index contributed by atoms with van der Waals surface area (Å²) in [5.74, 6) is 0. The summed E-state index contributed by atoms with van der Waals surface area (Å²) in [6.07, 6.45) is 2.11. The van der Waals surface area contributed by atoms with E-state index in [-0.39, 0.29) is 0 Å². The van der Waals surface area contributed by atoms with E-state index in [1.54, 1.807) is 11.8 Å². The summed E-state index contributed by atoms with van der Waals surface area (Å²) >= 11 is 5.94. The molecule has 0 aromatic heterocycles. The van der Waals surface area contributed by atoms with E-state index in [4.69, 9.17) is 0 Å². The third-order valence-corrected chi connectivity index (χ3v) is 3.78. The maximum absolute atomic E-state index is 4.13. The molecule has 0 N–H and O–H groups in total. The van der Waals surface area contributed by atoms with Gasteiger partial charge >= 0.3 is 0 Å². The fourth-order valence-electron chi connectivity index (χ4n) is 1.57. The van der Waals surface area contributed by atoms with Gasteiger partial charge in [0.15, 0.2) is 0 Å². The summed E-state index contributed by atoms with van der Waals surface area (Å²) in [5, 5.41) is 0. The molecule has 0 bridgehead atoms. The Morgan fingerprint density at radius 3 is 1.83 bits per heavy atom. The fraction of sp³-hybridized carbons (Fsp3) is 0.250. The molecule has 2 aromatic rings. The van der Waals surface area contributed by atoms with Gasteiger partial charge in [-0.3, -0.25) is 0 Å². The number of thiol groups is 1. The van der Waals surface area contributed by atoms with Crippen molar-refractivity contribution in [2.45, 2.75) is 30.6 Å². The summed E-state index contributed by atoms with van der Waals surface area (Å²) in [6.45, 7) is 6.34. The standard InChI is InChI=1S/C9H12S.C7H8S/c1-7-4-5-9(10-3)8(2)6-7;1-6-2-4-7(8)5-3-6/h4-6H,1-3H3;2-5,8H,1H3. The van der Waals surface area contributed by atoms with E-state index < -0.39 is 0 Å². The first kappa shape index (κ1) is 15.2. The fourth-order valence-corrected chi connectivity index (χ4v) is 2.31. The van der Waals surface area contributed by atoms with Crippen molar-refractivity contribution < 1.29 is 0 Å². The van der Waals surface area contributed by atoms with Crippen molar-refractivity contribution in [3.8, 4) is 0 Å². The first-order chi connectivity index (χ1) is 8.52. The monoisotopic (exact) mass is 276 g/mol. The Kier molecular flexibility index (Phi) is 6.37. The quantitative estimate of drug-likeness (QED) is 0.544. The van der Waals surface area contributed by atoms with Crippen molar-refractivity contribution in [2.24, 2.45) is 0 Å². The summed E-state index contributed by atoms with van der Waals surface area (Å²) in [5.41, 5.74) is 4.01. The lowest BCUT2D eigenvalue weighted by molar-refractivity contribution is 1.27. The van der Waals surface area contributed by atoms with E-state index >= 15 is 0 Å². The van der Waals surface area contributed by atoms with Gasteiger partial charge in [0.05, 0.1) is 0 Å². The highest BCUT2D eigenvalue weighted by atomic mass is 32.2. The van der Waals surface area contributed by atoms with Gasteiger partial charge in [-0.25, -0.2) is 0 Å². The Morgan fingerprint density at radius 2 is 1.39 bits per heavy atom. The predicted octanol–water partition coefficient (Wildman–Crippen LogP) is 5.31. The molecule has 96 valence electrons.